The fourth-order valence-corrected chi connectivity index (χ4v) is 2.69. The van der Waals surface area contributed by atoms with Gasteiger partial charge < -0.3 is 23.8 Å². The molecule has 1 aliphatic heterocycles. The average Bonchev–Trinajstić information content (AvgIpc) is 2.89. The van der Waals surface area contributed by atoms with Crippen LogP contribution in [0.2, 0.25) is 0 Å². The van der Waals surface area contributed by atoms with Crippen molar-refractivity contribution < 1.29 is 28.5 Å². The van der Waals surface area contributed by atoms with Gasteiger partial charge >= 0.3 is 11.9 Å². The normalized spacial score (nSPS) is 13.3. The number of anilines is 1. The third kappa shape index (κ3) is 3.70. The van der Waals surface area contributed by atoms with Gasteiger partial charge in [-0.15, -0.1) is 12.6 Å². The Kier molecular flexibility index (Phi) is 6.35. The van der Waals surface area contributed by atoms with Crippen LogP contribution in [-0.2, 0) is 19.1 Å². The van der Waals surface area contributed by atoms with Gasteiger partial charge in [0.05, 0.1) is 39.7 Å². The number of methoxy groups -OCH3 is 4. The summed E-state index contributed by atoms with van der Waals surface area (Å²) in [5, 5.41) is 0. The smallest absolute Gasteiger partial charge is 0.355 e. The Labute approximate surface area is 156 Å². The highest BCUT2D eigenvalue weighted by atomic mass is 32.1. The van der Waals surface area contributed by atoms with Crippen molar-refractivity contribution in [3.05, 3.63) is 47.8 Å². The lowest BCUT2D eigenvalue weighted by molar-refractivity contribution is -0.139. The minimum atomic E-state index is -0.705. The molecule has 0 atom stereocenters. The lowest BCUT2D eigenvalue weighted by Crippen LogP contribution is -2.27. The Morgan fingerprint density at radius 1 is 0.923 bits per heavy atom. The standard InChI is InChI=1S/C18H19NO6S/c1-22-13-9-12(15(26)10-14(13)23-2)19-8-6-5-7-11(17(20)24-3)16(19)18(21)25-4/h5-10,26H,1-4H3. The number of nitrogens with zero attached hydrogens (tertiary/aromatic N) is 1. The Balaban J connectivity index is 2.73. The minimum absolute atomic E-state index is 0.00753. The number of ether oxygens (including phenoxy) is 4. The van der Waals surface area contributed by atoms with Crippen molar-refractivity contribution in [2.45, 2.75) is 4.90 Å². The molecule has 0 bridgehead atoms. The fourth-order valence-electron chi connectivity index (χ4n) is 2.40. The lowest BCUT2D eigenvalue weighted by atomic mass is 10.1. The molecule has 138 valence electrons. The van der Waals surface area contributed by atoms with E-state index in [1.807, 2.05) is 0 Å². The van der Waals surface area contributed by atoms with Gasteiger partial charge in [-0.1, -0.05) is 6.08 Å². The van der Waals surface area contributed by atoms with Crippen molar-refractivity contribution in [3.8, 4) is 11.5 Å². The largest absolute Gasteiger partial charge is 0.493 e. The Hall–Kier alpha value is -2.87. The summed E-state index contributed by atoms with van der Waals surface area (Å²) in [5.74, 6) is -0.453. The summed E-state index contributed by atoms with van der Waals surface area (Å²) in [7, 11) is 5.48. The molecule has 0 saturated heterocycles. The number of thiol groups is 1. The molecule has 1 aliphatic rings. The zero-order valence-electron chi connectivity index (χ0n) is 14.8. The topological polar surface area (TPSA) is 74.3 Å². The summed E-state index contributed by atoms with van der Waals surface area (Å²) < 4.78 is 20.2. The minimum Gasteiger partial charge on any atom is -0.493 e. The summed E-state index contributed by atoms with van der Waals surface area (Å²) in [6.45, 7) is 0. The first-order valence-electron chi connectivity index (χ1n) is 7.48. The second-order valence-electron chi connectivity index (χ2n) is 5.01. The van der Waals surface area contributed by atoms with Gasteiger partial charge in [-0.25, -0.2) is 9.59 Å². The first kappa shape index (κ1) is 19.5. The van der Waals surface area contributed by atoms with Crippen LogP contribution in [0.4, 0.5) is 5.69 Å². The van der Waals surface area contributed by atoms with Crippen LogP contribution in [0.3, 0.4) is 0 Å². The monoisotopic (exact) mass is 377 g/mol. The summed E-state index contributed by atoms with van der Waals surface area (Å²) in [5.41, 5.74) is 0.534. The number of benzene rings is 1. The molecular weight excluding hydrogens is 358 g/mol. The SMILES string of the molecule is COC(=O)C1=C(C(=O)OC)N(c2cc(OC)c(OC)cc2S)C=CC=C1. The molecule has 0 N–H and O–H groups in total. The molecule has 0 radical (unpaired) electrons. The maximum atomic E-state index is 12.4. The van der Waals surface area contributed by atoms with E-state index in [-0.39, 0.29) is 11.3 Å². The molecule has 0 saturated carbocycles. The van der Waals surface area contributed by atoms with Gasteiger partial charge in [0.25, 0.3) is 0 Å². The van der Waals surface area contributed by atoms with E-state index in [0.29, 0.717) is 22.1 Å². The zero-order chi connectivity index (χ0) is 19.3. The van der Waals surface area contributed by atoms with Gasteiger partial charge in [0.15, 0.2) is 11.5 Å². The molecule has 1 aromatic carbocycles. The van der Waals surface area contributed by atoms with Crippen molar-refractivity contribution >= 4 is 30.3 Å². The van der Waals surface area contributed by atoms with Crippen molar-refractivity contribution in [3.63, 3.8) is 0 Å². The van der Waals surface area contributed by atoms with E-state index in [1.54, 1.807) is 30.5 Å². The molecule has 0 unspecified atom stereocenters. The van der Waals surface area contributed by atoms with Crippen LogP contribution in [0.25, 0.3) is 0 Å². The lowest BCUT2D eigenvalue weighted by Gasteiger charge is -2.25. The van der Waals surface area contributed by atoms with E-state index in [9.17, 15) is 9.59 Å². The number of carbonyl (C=O) groups excluding carboxylic acids is 2. The predicted molar refractivity (Wildman–Crippen MR) is 98.6 cm³/mol. The summed E-state index contributed by atoms with van der Waals surface area (Å²) >= 11 is 4.47. The van der Waals surface area contributed by atoms with Crippen LogP contribution in [0, 0.1) is 0 Å². The first-order valence-corrected chi connectivity index (χ1v) is 7.93. The van der Waals surface area contributed by atoms with Gasteiger partial charge in [0.2, 0.25) is 0 Å². The summed E-state index contributed by atoms with van der Waals surface area (Å²) in [6, 6.07) is 3.30. The number of rotatable bonds is 5. The van der Waals surface area contributed by atoms with Crippen LogP contribution < -0.4 is 14.4 Å². The molecule has 1 heterocycles. The van der Waals surface area contributed by atoms with E-state index in [0.717, 1.165) is 0 Å². The first-order chi connectivity index (χ1) is 12.5. The maximum absolute atomic E-state index is 12.4. The van der Waals surface area contributed by atoms with Gasteiger partial charge in [-0.2, -0.15) is 0 Å². The predicted octanol–water partition coefficient (Wildman–Crippen LogP) is 2.48. The molecule has 0 aromatic heterocycles. The maximum Gasteiger partial charge on any atom is 0.355 e. The molecule has 0 spiro atoms. The van der Waals surface area contributed by atoms with E-state index < -0.39 is 11.9 Å². The third-order valence-corrected chi connectivity index (χ3v) is 3.99. The molecule has 2 rings (SSSR count). The Bertz CT molecular complexity index is 812. The van der Waals surface area contributed by atoms with Crippen molar-refractivity contribution in [2.24, 2.45) is 0 Å². The summed E-state index contributed by atoms with van der Waals surface area (Å²) in [6.07, 6.45) is 6.38. The highest BCUT2D eigenvalue weighted by Crippen LogP contribution is 2.39. The Morgan fingerprint density at radius 2 is 1.54 bits per heavy atom. The number of hydrogen-bond acceptors (Lipinski definition) is 8. The molecule has 0 aliphatic carbocycles. The quantitative estimate of drug-likeness (QED) is 0.624. The van der Waals surface area contributed by atoms with Crippen molar-refractivity contribution in [1.82, 2.24) is 0 Å². The molecule has 26 heavy (non-hydrogen) atoms. The Morgan fingerprint density at radius 3 is 2.12 bits per heavy atom. The van der Waals surface area contributed by atoms with Gasteiger partial charge in [0, 0.05) is 17.2 Å². The van der Waals surface area contributed by atoms with Crippen LogP contribution in [-0.4, -0.2) is 40.4 Å². The van der Waals surface area contributed by atoms with E-state index in [4.69, 9.17) is 18.9 Å². The van der Waals surface area contributed by atoms with Crippen LogP contribution in [0.15, 0.2) is 52.7 Å². The number of carbonyl (C=O) groups is 2. The van der Waals surface area contributed by atoms with Crippen molar-refractivity contribution in [2.75, 3.05) is 33.3 Å². The molecule has 1 aromatic rings. The second-order valence-corrected chi connectivity index (χ2v) is 5.49. The highest BCUT2D eigenvalue weighted by Gasteiger charge is 2.29. The molecule has 7 nitrogen and oxygen atoms in total. The zero-order valence-corrected chi connectivity index (χ0v) is 15.7. The van der Waals surface area contributed by atoms with Gasteiger partial charge in [0.1, 0.15) is 5.70 Å². The molecular formula is C18H19NO6S. The number of esters is 2. The van der Waals surface area contributed by atoms with Crippen LogP contribution >= 0.6 is 12.6 Å². The van der Waals surface area contributed by atoms with Crippen LogP contribution in [0.1, 0.15) is 0 Å². The average molecular weight is 377 g/mol. The van der Waals surface area contributed by atoms with Gasteiger partial charge in [-0.05, 0) is 18.2 Å². The summed E-state index contributed by atoms with van der Waals surface area (Å²) in [4.78, 5) is 26.6. The van der Waals surface area contributed by atoms with Gasteiger partial charge in [-0.3, -0.25) is 0 Å². The highest BCUT2D eigenvalue weighted by molar-refractivity contribution is 7.80. The number of allylic oxidation sites excluding steroid dienone is 2. The van der Waals surface area contributed by atoms with Crippen molar-refractivity contribution in [1.29, 1.82) is 0 Å². The number of hydrogen-bond donors (Lipinski definition) is 1. The third-order valence-electron chi connectivity index (χ3n) is 3.63. The fraction of sp³-hybridized carbons (Fsp3) is 0.222. The van der Waals surface area contributed by atoms with E-state index in [2.05, 4.69) is 12.6 Å². The van der Waals surface area contributed by atoms with E-state index in [1.165, 1.54) is 39.4 Å². The second kappa shape index (κ2) is 8.48. The molecule has 0 fully saturated rings. The van der Waals surface area contributed by atoms with Crippen LogP contribution in [0.5, 0.6) is 11.5 Å². The molecule has 8 heteroatoms. The molecule has 0 amide bonds. The van der Waals surface area contributed by atoms with E-state index >= 15 is 0 Å².